The predicted octanol–water partition coefficient (Wildman–Crippen LogP) is 1.79. The Morgan fingerprint density at radius 2 is 2.38 bits per heavy atom. The van der Waals surface area contributed by atoms with E-state index in [4.69, 9.17) is 14.7 Å². The average Bonchev–Trinajstić information content (AvgIpc) is 3.03. The monoisotopic (exact) mass is 383 g/mol. The maximum absolute atomic E-state index is 12.9. The summed E-state index contributed by atoms with van der Waals surface area (Å²) >= 11 is 1.37. The second-order valence-corrected chi connectivity index (χ2v) is 7.27. The number of allylic oxidation sites excluding steroid dienone is 1. The van der Waals surface area contributed by atoms with Gasteiger partial charge in [-0.2, -0.15) is 0 Å². The van der Waals surface area contributed by atoms with Crippen molar-refractivity contribution in [1.29, 1.82) is 0 Å². The molecule has 0 aliphatic carbocycles. The molecule has 0 bridgehead atoms. The lowest BCUT2D eigenvalue weighted by atomic mass is 10.0. The molecule has 0 saturated carbocycles. The number of aliphatic hydroxyl groups excluding tert-OH is 1. The van der Waals surface area contributed by atoms with Crippen LogP contribution < -0.4 is 5.32 Å². The van der Waals surface area contributed by atoms with Crippen molar-refractivity contribution in [1.82, 2.24) is 5.32 Å². The molecule has 3 N–H and O–H groups in total. The van der Waals surface area contributed by atoms with Gasteiger partial charge in [0, 0.05) is 17.9 Å². The Hall–Kier alpha value is -2.00. The van der Waals surface area contributed by atoms with Crippen molar-refractivity contribution in [2.75, 3.05) is 12.9 Å². The van der Waals surface area contributed by atoms with Crippen LogP contribution in [0.25, 0.3) is 0 Å². The minimum atomic E-state index is -1.12. The lowest BCUT2D eigenvalue weighted by Gasteiger charge is -2.29. The van der Waals surface area contributed by atoms with Crippen molar-refractivity contribution in [3.63, 3.8) is 0 Å². The zero-order chi connectivity index (χ0) is 19.3. The highest BCUT2D eigenvalue weighted by atomic mass is 32.2. The highest BCUT2D eigenvalue weighted by Gasteiger charge is 2.40. The first kappa shape index (κ1) is 20.3. The van der Waals surface area contributed by atoms with Crippen LogP contribution in [0, 0.1) is 0 Å². The lowest BCUT2D eigenvalue weighted by Crippen LogP contribution is -2.49. The summed E-state index contributed by atoms with van der Waals surface area (Å²) in [6, 6.07) is -0.408. The minimum Gasteiger partial charge on any atom is -0.497 e. The summed E-state index contributed by atoms with van der Waals surface area (Å²) in [4.78, 5) is 17.3. The molecule has 0 aromatic carbocycles. The van der Waals surface area contributed by atoms with Gasteiger partial charge in [-0.1, -0.05) is 18.5 Å². The number of nitrogens with one attached hydrogen (secondary N) is 1. The third kappa shape index (κ3) is 4.59. The van der Waals surface area contributed by atoms with Crippen LogP contribution >= 0.6 is 11.8 Å². The SMILES string of the molecule is CCC[C@@H](NC(=O)[C@]1(C)CSC(/C(C)=N/O)=N1)C1=CC(OC)=CC(O)O1. The number of thioether (sulfide) groups is 1. The number of aliphatic hydroxyl groups is 1. The van der Waals surface area contributed by atoms with Crippen molar-refractivity contribution in [2.24, 2.45) is 10.1 Å². The van der Waals surface area contributed by atoms with Crippen LogP contribution in [-0.2, 0) is 14.3 Å². The maximum Gasteiger partial charge on any atom is 0.249 e. The molecule has 2 aliphatic heterocycles. The largest absolute Gasteiger partial charge is 0.497 e. The van der Waals surface area contributed by atoms with Crippen LogP contribution in [0.5, 0.6) is 0 Å². The number of methoxy groups -OCH3 is 1. The fourth-order valence-electron chi connectivity index (χ4n) is 2.58. The summed E-state index contributed by atoms with van der Waals surface area (Å²) in [5, 5.41) is 25.4. The first-order chi connectivity index (χ1) is 12.3. The van der Waals surface area contributed by atoms with E-state index in [0.29, 0.717) is 34.4 Å². The van der Waals surface area contributed by atoms with Crippen molar-refractivity contribution in [2.45, 2.75) is 51.5 Å². The van der Waals surface area contributed by atoms with Gasteiger partial charge in [0.15, 0.2) is 0 Å². The zero-order valence-electron chi connectivity index (χ0n) is 15.4. The molecule has 3 atom stereocenters. The van der Waals surface area contributed by atoms with E-state index in [0.717, 1.165) is 6.42 Å². The Kier molecular flexibility index (Phi) is 6.71. The molecule has 1 amide bonds. The highest BCUT2D eigenvalue weighted by molar-refractivity contribution is 8.16. The number of rotatable bonds is 7. The van der Waals surface area contributed by atoms with E-state index < -0.39 is 17.9 Å². The fraction of sp³-hybridized carbons (Fsp3) is 0.588. The van der Waals surface area contributed by atoms with E-state index in [1.165, 1.54) is 24.9 Å². The number of nitrogens with zero attached hydrogens (tertiary/aromatic N) is 2. The number of oxime groups is 1. The van der Waals surface area contributed by atoms with Crippen LogP contribution in [0.4, 0.5) is 0 Å². The quantitative estimate of drug-likeness (QED) is 0.351. The number of carbonyl (C=O) groups excluding carboxylic acids is 1. The summed E-state index contributed by atoms with van der Waals surface area (Å²) < 4.78 is 10.6. The molecule has 0 saturated heterocycles. The Morgan fingerprint density at radius 1 is 1.65 bits per heavy atom. The molecular formula is C17H25N3O5S. The summed E-state index contributed by atoms with van der Waals surface area (Å²) in [5.41, 5.74) is -0.584. The van der Waals surface area contributed by atoms with Crippen LogP contribution in [0.1, 0.15) is 33.6 Å². The van der Waals surface area contributed by atoms with Gasteiger partial charge in [-0.3, -0.25) is 9.79 Å². The van der Waals surface area contributed by atoms with Crippen LogP contribution in [0.2, 0.25) is 0 Å². The van der Waals surface area contributed by atoms with Gasteiger partial charge in [-0.15, -0.1) is 11.8 Å². The average molecular weight is 383 g/mol. The van der Waals surface area contributed by atoms with Gasteiger partial charge in [-0.05, 0) is 20.3 Å². The van der Waals surface area contributed by atoms with Gasteiger partial charge in [0.2, 0.25) is 12.2 Å². The van der Waals surface area contributed by atoms with E-state index in [2.05, 4.69) is 15.5 Å². The van der Waals surface area contributed by atoms with Crippen LogP contribution in [-0.4, -0.2) is 57.7 Å². The number of ether oxygens (including phenoxy) is 2. The lowest BCUT2D eigenvalue weighted by molar-refractivity contribution is -0.126. The minimum absolute atomic E-state index is 0.253. The fourth-order valence-corrected chi connectivity index (χ4v) is 3.71. The van der Waals surface area contributed by atoms with E-state index in [1.807, 2.05) is 6.92 Å². The Morgan fingerprint density at radius 3 is 3.00 bits per heavy atom. The van der Waals surface area contributed by atoms with Gasteiger partial charge < -0.3 is 25.1 Å². The number of carbonyl (C=O) groups is 1. The van der Waals surface area contributed by atoms with Crippen LogP contribution in [0.3, 0.4) is 0 Å². The van der Waals surface area contributed by atoms with E-state index >= 15 is 0 Å². The summed E-state index contributed by atoms with van der Waals surface area (Å²) in [6.07, 6.45) is 3.43. The first-order valence-corrected chi connectivity index (χ1v) is 9.36. The Bertz CT molecular complexity index is 673. The third-order valence-electron chi connectivity index (χ3n) is 4.10. The van der Waals surface area contributed by atoms with Gasteiger partial charge >= 0.3 is 0 Å². The molecule has 26 heavy (non-hydrogen) atoms. The molecule has 0 spiro atoms. The molecule has 0 aromatic rings. The van der Waals surface area contributed by atoms with Crippen molar-refractivity contribution < 1.29 is 24.6 Å². The maximum atomic E-state index is 12.9. The van der Waals surface area contributed by atoms with Crippen LogP contribution in [0.15, 0.2) is 33.8 Å². The number of aliphatic imine (C=N–C) groups is 1. The van der Waals surface area contributed by atoms with Crippen molar-refractivity contribution >= 4 is 28.4 Å². The summed E-state index contributed by atoms with van der Waals surface area (Å²) in [6.45, 7) is 5.37. The molecule has 2 aliphatic rings. The molecule has 0 aromatic heterocycles. The van der Waals surface area contributed by atoms with Gasteiger partial charge in [0.25, 0.3) is 0 Å². The topological polar surface area (TPSA) is 113 Å². The highest BCUT2D eigenvalue weighted by Crippen LogP contribution is 2.29. The standard InChI is InChI=1S/C17H25N3O5S/c1-5-6-12(13-7-11(24-4)8-14(21)25-13)18-16(22)17(3)9-26-15(19-17)10(2)20-23/h7-8,12,14,21,23H,5-6,9H2,1-4H3,(H,18,22)/b20-10+/t12-,14?,17+/m1/s1. The summed E-state index contributed by atoms with van der Waals surface area (Å²) in [7, 11) is 1.50. The normalized spacial score (nSPS) is 27.0. The second-order valence-electron chi connectivity index (χ2n) is 6.31. The van der Waals surface area contributed by atoms with E-state index in [9.17, 15) is 9.90 Å². The Labute approximate surface area is 157 Å². The summed E-state index contributed by atoms with van der Waals surface area (Å²) in [5.74, 6) is 1.12. The molecule has 2 heterocycles. The van der Waals surface area contributed by atoms with Gasteiger partial charge in [0.1, 0.15) is 27.8 Å². The third-order valence-corrected chi connectivity index (χ3v) is 5.46. The molecule has 2 rings (SSSR count). The number of amides is 1. The van der Waals surface area contributed by atoms with Crippen molar-refractivity contribution in [3.8, 4) is 0 Å². The Balaban J connectivity index is 2.18. The molecule has 0 fully saturated rings. The molecular weight excluding hydrogens is 358 g/mol. The number of hydrogen-bond donors (Lipinski definition) is 3. The first-order valence-electron chi connectivity index (χ1n) is 8.37. The van der Waals surface area contributed by atoms with E-state index in [1.54, 1.807) is 19.9 Å². The number of hydrogen-bond acceptors (Lipinski definition) is 8. The molecule has 8 nitrogen and oxygen atoms in total. The molecule has 0 radical (unpaired) electrons. The second kappa shape index (κ2) is 8.59. The zero-order valence-corrected chi connectivity index (χ0v) is 16.2. The smallest absolute Gasteiger partial charge is 0.249 e. The van der Waals surface area contributed by atoms with Gasteiger partial charge in [-0.25, -0.2) is 0 Å². The van der Waals surface area contributed by atoms with Gasteiger partial charge in [0.05, 0.1) is 13.2 Å². The molecule has 9 heteroatoms. The predicted molar refractivity (Wildman–Crippen MR) is 100 cm³/mol. The molecule has 144 valence electrons. The van der Waals surface area contributed by atoms with E-state index in [-0.39, 0.29) is 5.91 Å². The molecule has 1 unspecified atom stereocenters. The van der Waals surface area contributed by atoms with Crippen molar-refractivity contribution in [3.05, 3.63) is 23.7 Å².